The molecule has 1 aromatic heterocycles. The molecule has 140 valence electrons. The number of primary amides is 1. The zero-order valence-corrected chi connectivity index (χ0v) is 15.3. The Morgan fingerprint density at radius 2 is 2.00 bits per heavy atom. The molecule has 2 fully saturated rings. The third-order valence-electron chi connectivity index (χ3n) is 4.98. The molecule has 3 heterocycles. The Balaban J connectivity index is 1.73. The second-order valence-corrected chi connectivity index (χ2v) is 8.06. The van der Waals surface area contributed by atoms with Crippen molar-refractivity contribution in [3.63, 3.8) is 0 Å². The number of rotatable bonds is 4. The Morgan fingerprint density at radius 3 is 2.60 bits per heavy atom. The Bertz CT molecular complexity index is 616. The van der Waals surface area contributed by atoms with E-state index in [9.17, 15) is 9.90 Å². The van der Waals surface area contributed by atoms with Crippen LogP contribution in [0.1, 0.15) is 42.6 Å². The minimum Gasteiger partial charge on any atom is -0.455 e. The number of hydrogen-bond donors (Lipinski definition) is 2. The van der Waals surface area contributed by atoms with E-state index in [0.29, 0.717) is 13.1 Å². The molecular weight excluding hydrogens is 322 g/mol. The molecule has 3 N–H and O–H groups in total. The number of amides is 1. The second kappa shape index (κ2) is 7.07. The number of nitrogens with two attached hydrogens (primary N) is 1. The van der Waals surface area contributed by atoms with Crippen molar-refractivity contribution in [2.45, 2.75) is 44.9 Å². The first-order chi connectivity index (χ1) is 11.8. The van der Waals surface area contributed by atoms with Crippen molar-refractivity contribution < 1.29 is 19.1 Å². The molecule has 3 rings (SSSR count). The van der Waals surface area contributed by atoms with E-state index < -0.39 is 5.91 Å². The molecule has 0 saturated carbocycles. The molecule has 2 aliphatic rings. The van der Waals surface area contributed by atoms with E-state index in [0.717, 1.165) is 44.2 Å². The van der Waals surface area contributed by atoms with Crippen LogP contribution in [0.25, 0.3) is 0 Å². The number of aliphatic hydroxyl groups is 1. The van der Waals surface area contributed by atoms with Gasteiger partial charge in [0.15, 0.2) is 5.76 Å². The molecule has 0 aromatic carbocycles. The van der Waals surface area contributed by atoms with Gasteiger partial charge in [-0.2, -0.15) is 0 Å². The van der Waals surface area contributed by atoms with Gasteiger partial charge < -0.3 is 20.0 Å². The summed E-state index contributed by atoms with van der Waals surface area (Å²) in [6.07, 6.45) is -0.376. The molecule has 0 radical (unpaired) electrons. The fourth-order valence-electron chi connectivity index (χ4n) is 3.79. The van der Waals surface area contributed by atoms with Gasteiger partial charge in [0.05, 0.1) is 19.3 Å². The van der Waals surface area contributed by atoms with E-state index in [-0.39, 0.29) is 23.3 Å². The summed E-state index contributed by atoms with van der Waals surface area (Å²) in [7, 11) is 0. The molecule has 2 atom stereocenters. The van der Waals surface area contributed by atoms with Crippen LogP contribution >= 0.6 is 0 Å². The molecule has 0 aliphatic carbocycles. The molecule has 1 amide bonds. The highest BCUT2D eigenvalue weighted by molar-refractivity contribution is 5.90. The molecule has 1 aromatic rings. The Labute approximate surface area is 148 Å². The predicted octanol–water partition coefficient (Wildman–Crippen LogP) is 0.553. The molecule has 2 aliphatic heterocycles. The van der Waals surface area contributed by atoms with Crippen LogP contribution in [0.4, 0.5) is 0 Å². The number of β-amino-alcohol motifs (C(OH)–C–C–N with tert-alkyl or cyclic N) is 1. The molecule has 0 spiro atoms. The van der Waals surface area contributed by atoms with Gasteiger partial charge >= 0.3 is 0 Å². The van der Waals surface area contributed by atoms with Crippen LogP contribution in [0.3, 0.4) is 0 Å². The molecule has 2 saturated heterocycles. The Kier molecular flexibility index (Phi) is 5.20. The Hall–Kier alpha value is -1.41. The van der Waals surface area contributed by atoms with Gasteiger partial charge in [-0.25, -0.2) is 0 Å². The number of furan rings is 1. The first-order valence-corrected chi connectivity index (χ1v) is 8.91. The Morgan fingerprint density at radius 1 is 1.32 bits per heavy atom. The minimum atomic E-state index is -0.551. The van der Waals surface area contributed by atoms with Gasteiger partial charge in [-0.05, 0) is 6.07 Å². The molecule has 2 unspecified atom stereocenters. The number of carbonyl (C=O) groups is 1. The number of ether oxygens (including phenoxy) is 1. The first kappa shape index (κ1) is 18.4. The summed E-state index contributed by atoms with van der Waals surface area (Å²) in [5.41, 5.74) is 6.14. The van der Waals surface area contributed by atoms with Gasteiger partial charge in [0.2, 0.25) is 0 Å². The fraction of sp³-hybridized carbons (Fsp3) is 0.722. The van der Waals surface area contributed by atoms with Gasteiger partial charge in [0, 0.05) is 49.7 Å². The van der Waals surface area contributed by atoms with Crippen LogP contribution in [0.5, 0.6) is 0 Å². The molecular formula is C18H29N3O4. The van der Waals surface area contributed by atoms with Crippen LogP contribution in [-0.2, 0) is 16.7 Å². The van der Waals surface area contributed by atoms with E-state index in [2.05, 4.69) is 30.6 Å². The lowest BCUT2D eigenvalue weighted by molar-refractivity contribution is -0.00618. The third kappa shape index (κ3) is 4.06. The van der Waals surface area contributed by atoms with Crippen molar-refractivity contribution in [1.82, 2.24) is 9.80 Å². The summed E-state index contributed by atoms with van der Waals surface area (Å²) in [5, 5.41) is 10.5. The average molecular weight is 351 g/mol. The van der Waals surface area contributed by atoms with E-state index >= 15 is 0 Å². The van der Waals surface area contributed by atoms with Crippen LogP contribution in [0, 0.1) is 0 Å². The number of carbonyl (C=O) groups excluding carboxylic acids is 1. The van der Waals surface area contributed by atoms with Crippen molar-refractivity contribution in [2.24, 2.45) is 5.73 Å². The van der Waals surface area contributed by atoms with Gasteiger partial charge in [-0.15, -0.1) is 0 Å². The lowest BCUT2D eigenvalue weighted by atomic mass is 9.90. The molecule has 0 bridgehead atoms. The highest BCUT2D eigenvalue weighted by Gasteiger charge is 2.37. The summed E-state index contributed by atoms with van der Waals surface area (Å²) in [5.74, 6) is 0.430. The van der Waals surface area contributed by atoms with E-state index in [1.165, 1.54) is 0 Å². The highest BCUT2D eigenvalue weighted by Crippen LogP contribution is 2.31. The number of hydrogen-bond acceptors (Lipinski definition) is 6. The monoisotopic (exact) mass is 351 g/mol. The standard InChI is InChI=1S/C18H29N3O4/c1-18(2,3)16-12(8-15(25-16)17(19)23)9-20-10-13(14(22)11-20)21-4-6-24-7-5-21/h8,13-14,22H,4-7,9-11H2,1-3H3,(H2,19,23). The fourth-order valence-corrected chi connectivity index (χ4v) is 3.79. The molecule has 7 nitrogen and oxygen atoms in total. The maximum Gasteiger partial charge on any atom is 0.284 e. The summed E-state index contributed by atoms with van der Waals surface area (Å²) in [6.45, 7) is 11.4. The quantitative estimate of drug-likeness (QED) is 0.823. The van der Waals surface area contributed by atoms with Crippen LogP contribution in [0.2, 0.25) is 0 Å². The summed E-state index contributed by atoms with van der Waals surface area (Å²) in [4.78, 5) is 16.0. The number of nitrogens with zero attached hydrogens (tertiary/aromatic N) is 2. The number of aliphatic hydroxyl groups excluding tert-OH is 1. The van der Waals surface area contributed by atoms with Crippen LogP contribution in [0.15, 0.2) is 10.5 Å². The van der Waals surface area contributed by atoms with Crippen LogP contribution in [-0.4, -0.2) is 72.4 Å². The molecule has 25 heavy (non-hydrogen) atoms. The zero-order valence-electron chi connectivity index (χ0n) is 15.3. The number of likely N-dealkylation sites (tertiary alicyclic amines) is 1. The summed E-state index contributed by atoms with van der Waals surface area (Å²) < 4.78 is 11.1. The van der Waals surface area contributed by atoms with Crippen LogP contribution < -0.4 is 5.73 Å². The van der Waals surface area contributed by atoms with Gasteiger partial charge in [0.25, 0.3) is 5.91 Å². The highest BCUT2D eigenvalue weighted by atomic mass is 16.5. The van der Waals surface area contributed by atoms with Crippen molar-refractivity contribution in [1.29, 1.82) is 0 Å². The third-order valence-corrected chi connectivity index (χ3v) is 4.98. The minimum absolute atomic E-state index is 0.129. The van der Waals surface area contributed by atoms with E-state index in [1.54, 1.807) is 6.07 Å². The van der Waals surface area contributed by atoms with Gasteiger partial charge in [0.1, 0.15) is 5.76 Å². The summed E-state index contributed by atoms with van der Waals surface area (Å²) in [6, 6.07) is 1.88. The average Bonchev–Trinajstić information content (AvgIpc) is 3.12. The maximum absolute atomic E-state index is 11.5. The van der Waals surface area contributed by atoms with Gasteiger partial charge in [-0.3, -0.25) is 14.6 Å². The first-order valence-electron chi connectivity index (χ1n) is 8.91. The SMILES string of the molecule is CC(C)(C)c1oc(C(N)=O)cc1CN1CC(O)C(N2CCOCC2)C1. The summed E-state index contributed by atoms with van der Waals surface area (Å²) >= 11 is 0. The van der Waals surface area contributed by atoms with Crippen molar-refractivity contribution in [3.8, 4) is 0 Å². The van der Waals surface area contributed by atoms with E-state index in [1.807, 2.05) is 0 Å². The lowest BCUT2D eigenvalue weighted by Crippen LogP contribution is -2.48. The largest absolute Gasteiger partial charge is 0.455 e. The number of morpholine rings is 1. The second-order valence-electron chi connectivity index (χ2n) is 8.06. The van der Waals surface area contributed by atoms with Gasteiger partial charge in [-0.1, -0.05) is 20.8 Å². The lowest BCUT2D eigenvalue weighted by Gasteiger charge is -2.33. The van der Waals surface area contributed by atoms with Crippen molar-refractivity contribution in [2.75, 3.05) is 39.4 Å². The predicted molar refractivity (Wildman–Crippen MR) is 93.4 cm³/mol. The normalized spacial score (nSPS) is 26.2. The van der Waals surface area contributed by atoms with Crippen molar-refractivity contribution in [3.05, 3.63) is 23.2 Å². The van der Waals surface area contributed by atoms with E-state index in [4.69, 9.17) is 14.9 Å². The maximum atomic E-state index is 11.5. The molecule has 7 heteroatoms. The zero-order chi connectivity index (χ0) is 18.2. The van der Waals surface area contributed by atoms with Crippen molar-refractivity contribution >= 4 is 5.91 Å². The topological polar surface area (TPSA) is 92.2 Å². The smallest absolute Gasteiger partial charge is 0.284 e.